The van der Waals surface area contributed by atoms with Gasteiger partial charge in [-0.1, -0.05) is 30.3 Å². The molecule has 0 amide bonds. The third-order valence-corrected chi connectivity index (χ3v) is 5.07. The Labute approximate surface area is 143 Å². The Morgan fingerprint density at radius 2 is 2.00 bits per heavy atom. The minimum atomic E-state index is 0.678. The van der Waals surface area contributed by atoms with Gasteiger partial charge in [-0.3, -0.25) is 4.68 Å². The van der Waals surface area contributed by atoms with Crippen molar-refractivity contribution in [3.63, 3.8) is 0 Å². The van der Waals surface area contributed by atoms with Gasteiger partial charge >= 0.3 is 0 Å². The lowest BCUT2D eigenvalue weighted by atomic mass is 10.2. The van der Waals surface area contributed by atoms with Gasteiger partial charge in [0.25, 0.3) is 0 Å². The molecule has 120 valence electrons. The molecule has 3 heterocycles. The van der Waals surface area contributed by atoms with Gasteiger partial charge in [0, 0.05) is 17.5 Å². The van der Waals surface area contributed by atoms with Crippen LogP contribution in [0.2, 0.25) is 0 Å². The van der Waals surface area contributed by atoms with Crippen molar-refractivity contribution in [1.82, 2.24) is 24.7 Å². The zero-order valence-electron chi connectivity index (χ0n) is 13.4. The van der Waals surface area contributed by atoms with E-state index in [-0.39, 0.29) is 0 Å². The largest absolute Gasteiger partial charge is 0.364 e. The van der Waals surface area contributed by atoms with Crippen LogP contribution in [0.5, 0.6) is 0 Å². The van der Waals surface area contributed by atoms with Crippen LogP contribution in [0, 0.1) is 6.92 Å². The summed E-state index contributed by atoms with van der Waals surface area (Å²) < 4.78 is 1.74. The molecular weight excluding hydrogens is 320 g/mol. The van der Waals surface area contributed by atoms with E-state index >= 15 is 0 Å². The van der Waals surface area contributed by atoms with Crippen molar-refractivity contribution >= 4 is 28.2 Å². The molecule has 7 heteroatoms. The van der Waals surface area contributed by atoms with Gasteiger partial charge in [-0.25, -0.2) is 15.0 Å². The van der Waals surface area contributed by atoms with Crippen molar-refractivity contribution in [2.45, 2.75) is 13.5 Å². The maximum Gasteiger partial charge on any atom is 0.163 e. The van der Waals surface area contributed by atoms with Crippen LogP contribution in [0.1, 0.15) is 10.6 Å². The van der Waals surface area contributed by atoms with Crippen LogP contribution < -0.4 is 5.32 Å². The fourth-order valence-electron chi connectivity index (χ4n) is 2.56. The number of nitrogens with one attached hydrogen (secondary N) is 1. The Kier molecular flexibility index (Phi) is 3.70. The maximum atomic E-state index is 4.69. The molecule has 0 spiro atoms. The SMILES string of the molecule is Cc1nc(-c2ccccc2)sc1CNc1ncnc2c1cnn2C. The number of anilines is 1. The average Bonchev–Trinajstić information content (AvgIpc) is 3.18. The molecule has 0 aliphatic heterocycles. The topological polar surface area (TPSA) is 68.5 Å². The van der Waals surface area contributed by atoms with Gasteiger partial charge in [0.05, 0.1) is 23.8 Å². The Morgan fingerprint density at radius 1 is 1.17 bits per heavy atom. The van der Waals surface area contributed by atoms with Crippen LogP contribution in [0.25, 0.3) is 21.6 Å². The number of thiazole rings is 1. The number of benzene rings is 1. The van der Waals surface area contributed by atoms with Gasteiger partial charge in [0.1, 0.15) is 17.2 Å². The quantitative estimate of drug-likeness (QED) is 0.618. The molecule has 0 fully saturated rings. The Bertz CT molecular complexity index is 989. The standard InChI is InChI=1S/C17H16N6S/c1-11-14(24-17(22-11)12-6-4-3-5-7-12)9-18-15-13-8-21-23(2)16(13)20-10-19-15/h3-8,10H,9H2,1-2H3,(H,18,19,20). The summed E-state index contributed by atoms with van der Waals surface area (Å²) in [6, 6.07) is 10.2. The summed E-state index contributed by atoms with van der Waals surface area (Å²) in [6.45, 7) is 2.72. The molecule has 0 saturated carbocycles. The van der Waals surface area contributed by atoms with Gasteiger partial charge in [-0.2, -0.15) is 5.10 Å². The summed E-state index contributed by atoms with van der Waals surface area (Å²) >= 11 is 1.70. The first kappa shape index (κ1) is 14.8. The number of rotatable bonds is 4. The molecular formula is C17H16N6S. The molecule has 1 N–H and O–H groups in total. The summed E-state index contributed by atoms with van der Waals surface area (Å²) in [6.07, 6.45) is 3.34. The van der Waals surface area contributed by atoms with Crippen LogP contribution in [0.3, 0.4) is 0 Å². The Morgan fingerprint density at radius 3 is 2.83 bits per heavy atom. The zero-order valence-corrected chi connectivity index (χ0v) is 14.2. The fraction of sp³-hybridized carbons (Fsp3) is 0.176. The molecule has 24 heavy (non-hydrogen) atoms. The second-order valence-electron chi connectivity index (χ2n) is 5.47. The van der Waals surface area contributed by atoms with Crippen molar-refractivity contribution < 1.29 is 0 Å². The molecule has 0 bridgehead atoms. The lowest BCUT2D eigenvalue weighted by molar-refractivity contribution is 0.785. The molecule has 4 aromatic rings. The van der Waals surface area contributed by atoms with Crippen LogP contribution in [-0.4, -0.2) is 24.7 Å². The third-order valence-electron chi connectivity index (χ3n) is 3.86. The number of fused-ring (bicyclic) bond motifs is 1. The first-order valence-electron chi connectivity index (χ1n) is 7.60. The first-order chi connectivity index (χ1) is 11.7. The molecule has 3 aromatic heterocycles. The fourth-order valence-corrected chi connectivity index (χ4v) is 3.57. The molecule has 6 nitrogen and oxygen atoms in total. The molecule has 0 atom stereocenters. The summed E-state index contributed by atoms with van der Waals surface area (Å²) in [7, 11) is 1.87. The average molecular weight is 336 g/mol. The molecule has 1 aromatic carbocycles. The minimum absolute atomic E-state index is 0.678. The van der Waals surface area contributed by atoms with E-state index in [0.29, 0.717) is 6.54 Å². The molecule has 0 saturated heterocycles. The monoisotopic (exact) mass is 336 g/mol. The van der Waals surface area contributed by atoms with E-state index in [0.717, 1.165) is 33.1 Å². The minimum Gasteiger partial charge on any atom is -0.364 e. The van der Waals surface area contributed by atoms with E-state index in [4.69, 9.17) is 0 Å². The van der Waals surface area contributed by atoms with Crippen molar-refractivity contribution in [3.8, 4) is 10.6 Å². The summed E-state index contributed by atoms with van der Waals surface area (Å²) in [5.41, 5.74) is 3.01. The molecule has 0 radical (unpaired) electrons. The van der Waals surface area contributed by atoms with E-state index in [2.05, 4.69) is 37.5 Å². The smallest absolute Gasteiger partial charge is 0.163 e. The van der Waals surface area contributed by atoms with Gasteiger partial charge in [-0.05, 0) is 6.92 Å². The number of hydrogen-bond donors (Lipinski definition) is 1. The number of nitrogens with zero attached hydrogens (tertiary/aromatic N) is 5. The summed E-state index contributed by atoms with van der Waals surface area (Å²) in [5, 5.41) is 9.59. The normalized spacial score (nSPS) is 11.1. The van der Waals surface area contributed by atoms with E-state index in [1.807, 2.05) is 32.2 Å². The van der Waals surface area contributed by atoms with Crippen LogP contribution in [0.4, 0.5) is 5.82 Å². The van der Waals surface area contributed by atoms with Crippen molar-refractivity contribution in [2.75, 3.05) is 5.32 Å². The molecule has 4 rings (SSSR count). The van der Waals surface area contributed by atoms with E-state index in [1.165, 1.54) is 4.88 Å². The second kappa shape index (κ2) is 6.01. The third kappa shape index (κ3) is 2.63. The van der Waals surface area contributed by atoms with Crippen molar-refractivity contribution in [1.29, 1.82) is 0 Å². The summed E-state index contributed by atoms with van der Waals surface area (Å²) in [4.78, 5) is 14.5. The van der Waals surface area contributed by atoms with Gasteiger partial charge < -0.3 is 5.32 Å². The van der Waals surface area contributed by atoms with Crippen LogP contribution in [0.15, 0.2) is 42.9 Å². The highest BCUT2D eigenvalue weighted by Gasteiger charge is 2.11. The molecule has 0 aliphatic rings. The van der Waals surface area contributed by atoms with Crippen LogP contribution >= 0.6 is 11.3 Å². The predicted octanol–water partition coefficient (Wildman–Crippen LogP) is 3.41. The van der Waals surface area contributed by atoms with Crippen molar-refractivity contribution in [2.24, 2.45) is 7.05 Å². The Balaban J connectivity index is 1.59. The zero-order chi connectivity index (χ0) is 16.5. The lowest BCUT2D eigenvalue weighted by Gasteiger charge is -2.05. The number of hydrogen-bond acceptors (Lipinski definition) is 6. The van der Waals surface area contributed by atoms with E-state index in [9.17, 15) is 0 Å². The highest BCUT2D eigenvalue weighted by Crippen LogP contribution is 2.28. The van der Waals surface area contributed by atoms with Crippen molar-refractivity contribution in [3.05, 3.63) is 53.4 Å². The highest BCUT2D eigenvalue weighted by atomic mass is 32.1. The summed E-state index contributed by atoms with van der Waals surface area (Å²) in [5.74, 6) is 0.794. The van der Waals surface area contributed by atoms with Gasteiger partial charge in [0.15, 0.2) is 5.65 Å². The highest BCUT2D eigenvalue weighted by molar-refractivity contribution is 7.15. The van der Waals surface area contributed by atoms with Gasteiger partial charge in [-0.15, -0.1) is 11.3 Å². The lowest BCUT2D eigenvalue weighted by Crippen LogP contribution is -2.02. The number of aromatic nitrogens is 5. The molecule has 0 aliphatic carbocycles. The Hall–Kier alpha value is -2.80. The number of aryl methyl sites for hydroxylation is 2. The van der Waals surface area contributed by atoms with Gasteiger partial charge in [0.2, 0.25) is 0 Å². The second-order valence-corrected chi connectivity index (χ2v) is 6.56. The van der Waals surface area contributed by atoms with Crippen LogP contribution in [-0.2, 0) is 13.6 Å². The van der Waals surface area contributed by atoms with E-state index in [1.54, 1.807) is 28.5 Å². The van der Waals surface area contributed by atoms with E-state index < -0.39 is 0 Å². The predicted molar refractivity (Wildman–Crippen MR) is 95.9 cm³/mol. The maximum absolute atomic E-state index is 4.69. The molecule has 0 unspecified atom stereocenters. The first-order valence-corrected chi connectivity index (χ1v) is 8.42.